The second kappa shape index (κ2) is 6.69. The Morgan fingerprint density at radius 2 is 1.68 bits per heavy atom. The van der Waals surface area contributed by atoms with Crippen LogP contribution < -0.4 is 0 Å². The molecule has 2 heterocycles. The Balaban J connectivity index is 2.02. The highest BCUT2D eigenvalue weighted by Gasteiger charge is 2.16. The number of benzene rings is 2. The first-order valence-corrected chi connectivity index (χ1v) is 8.83. The molecule has 4 heteroatoms. The third-order valence-electron chi connectivity index (χ3n) is 4.33. The van der Waals surface area contributed by atoms with Crippen LogP contribution in [0.15, 0.2) is 67.0 Å². The van der Waals surface area contributed by atoms with Crippen LogP contribution in [0.3, 0.4) is 0 Å². The molecule has 124 valence electrons. The number of fused-ring (bicyclic) bond motifs is 1. The van der Waals surface area contributed by atoms with Crippen molar-refractivity contribution in [1.82, 2.24) is 14.5 Å². The zero-order valence-electron chi connectivity index (χ0n) is 14.0. The standard InChI is InChI=1S/C21H18ClN3/c1-2-8-18-23-13-14-25(18)21-17-12-7-6-11-16(17)19(20(22)24-21)15-9-4-3-5-10-15/h3-7,9-14H,2,8H2,1H3. The van der Waals surface area contributed by atoms with Gasteiger partial charge in [-0.3, -0.25) is 4.57 Å². The van der Waals surface area contributed by atoms with E-state index in [0.29, 0.717) is 5.15 Å². The van der Waals surface area contributed by atoms with E-state index in [9.17, 15) is 0 Å². The number of pyridine rings is 1. The van der Waals surface area contributed by atoms with Crippen LogP contribution in [0, 0.1) is 0 Å². The summed E-state index contributed by atoms with van der Waals surface area (Å²) in [5.41, 5.74) is 2.04. The van der Waals surface area contributed by atoms with E-state index < -0.39 is 0 Å². The van der Waals surface area contributed by atoms with Crippen LogP contribution in [0.5, 0.6) is 0 Å². The van der Waals surface area contributed by atoms with Gasteiger partial charge >= 0.3 is 0 Å². The Labute approximate surface area is 151 Å². The van der Waals surface area contributed by atoms with E-state index in [1.54, 1.807) is 0 Å². The smallest absolute Gasteiger partial charge is 0.147 e. The summed E-state index contributed by atoms with van der Waals surface area (Å²) in [6.07, 6.45) is 5.71. The van der Waals surface area contributed by atoms with Crippen molar-refractivity contribution < 1.29 is 0 Å². The average molecular weight is 348 g/mol. The number of hydrogen-bond donors (Lipinski definition) is 0. The van der Waals surface area contributed by atoms with Gasteiger partial charge in [0.05, 0.1) is 0 Å². The minimum Gasteiger partial charge on any atom is -0.287 e. The maximum atomic E-state index is 6.64. The molecular weight excluding hydrogens is 330 g/mol. The minimum atomic E-state index is 0.510. The van der Waals surface area contributed by atoms with E-state index in [-0.39, 0.29) is 0 Å². The summed E-state index contributed by atoms with van der Waals surface area (Å²) in [5.74, 6) is 1.84. The van der Waals surface area contributed by atoms with Gasteiger partial charge in [-0.1, -0.05) is 73.1 Å². The fraction of sp³-hybridized carbons (Fsp3) is 0.143. The molecule has 2 aromatic heterocycles. The summed E-state index contributed by atoms with van der Waals surface area (Å²) in [6.45, 7) is 2.15. The van der Waals surface area contributed by atoms with Crippen LogP contribution in [-0.2, 0) is 6.42 Å². The van der Waals surface area contributed by atoms with Gasteiger partial charge in [0.15, 0.2) is 0 Å². The largest absolute Gasteiger partial charge is 0.287 e. The number of nitrogens with zero attached hydrogens (tertiary/aromatic N) is 3. The number of halogens is 1. The van der Waals surface area contributed by atoms with Crippen molar-refractivity contribution in [1.29, 1.82) is 0 Å². The highest BCUT2D eigenvalue weighted by atomic mass is 35.5. The monoisotopic (exact) mass is 347 g/mol. The highest BCUT2D eigenvalue weighted by molar-refractivity contribution is 6.34. The van der Waals surface area contributed by atoms with Gasteiger partial charge in [0, 0.05) is 29.8 Å². The fourth-order valence-corrected chi connectivity index (χ4v) is 3.51. The molecule has 0 unspecified atom stereocenters. The molecule has 2 aromatic carbocycles. The van der Waals surface area contributed by atoms with Crippen LogP contribution in [0.4, 0.5) is 0 Å². The number of aromatic nitrogens is 3. The molecule has 0 N–H and O–H groups in total. The lowest BCUT2D eigenvalue weighted by Gasteiger charge is -2.15. The lowest BCUT2D eigenvalue weighted by molar-refractivity contribution is 0.801. The lowest BCUT2D eigenvalue weighted by atomic mass is 10.0. The van der Waals surface area contributed by atoms with E-state index in [0.717, 1.165) is 46.4 Å². The number of hydrogen-bond acceptors (Lipinski definition) is 2. The van der Waals surface area contributed by atoms with Crippen molar-refractivity contribution >= 4 is 22.4 Å². The van der Waals surface area contributed by atoms with E-state index in [4.69, 9.17) is 16.6 Å². The third kappa shape index (κ3) is 2.81. The Morgan fingerprint density at radius 1 is 0.960 bits per heavy atom. The van der Waals surface area contributed by atoms with Gasteiger partial charge in [-0.15, -0.1) is 0 Å². The molecule has 0 atom stereocenters. The number of rotatable bonds is 4. The van der Waals surface area contributed by atoms with Crippen molar-refractivity contribution in [3.05, 3.63) is 78.0 Å². The second-order valence-electron chi connectivity index (χ2n) is 5.98. The average Bonchev–Trinajstić information content (AvgIpc) is 3.10. The van der Waals surface area contributed by atoms with Crippen molar-refractivity contribution in [3.63, 3.8) is 0 Å². The van der Waals surface area contributed by atoms with Gasteiger partial charge in [-0.2, -0.15) is 0 Å². The van der Waals surface area contributed by atoms with Gasteiger partial charge < -0.3 is 0 Å². The first-order valence-electron chi connectivity index (χ1n) is 8.46. The van der Waals surface area contributed by atoms with E-state index in [1.165, 1.54) is 0 Å². The molecule has 0 spiro atoms. The zero-order chi connectivity index (χ0) is 17.2. The molecule has 0 fully saturated rings. The fourth-order valence-electron chi connectivity index (χ4n) is 3.22. The summed E-state index contributed by atoms with van der Waals surface area (Å²) in [4.78, 5) is 9.23. The molecule has 0 saturated carbocycles. The van der Waals surface area contributed by atoms with Gasteiger partial charge in [-0.05, 0) is 17.4 Å². The van der Waals surface area contributed by atoms with Gasteiger partial charge in [0.1, 0.15) is 16.8 Å². The summed E-state index contributed by atoms with van der Waals surface area (Å²) >= 11 is 6.64. The molecule has 0 radical (unpaired) electrons. The summed E-state index contributed by atoms with van der Waals surface area (Å²) < 4.78 is 2.05. The third-order valence-corrected chi connectivity index (χ3v) is 4.60. The van der Waals surface area contributed by atoms with Crippen molar-refractivity contribution in [2.45, 2.75) is 19.8 Å². The number of aryl methyl sites for hydroxylation is 1. The highest BCUT2D eigenvalue weighted by Crippen LogP contribution is 2.36. The van der Waals surface area contributed by atoms with Gasteiger partial charge in [0.25, 0.3) is 0 Å². The van der Waals surface area contributed by atoms with E-state index >= 15 is 0 Å². The van der Waals surface area contributed by atoms with E-state index in [2.05, 4.69) is 36.2 Å². The Kier molecular flexibility index (Phi) is 4.24. The van der Waals surface area contributed by atoms with E-state index in [1.807, 2.05) is 47.3 Å². The summed E-state index contributed by atoms with van der Waals surface area (Å²) in [7, 11) is 0. The summed E-state index contributed by atoms with van der Waals surface area (Å²) in [6, 6.07) is 18.4. The quantitative estimate of drug-likeness (QED) is 0.444. The minimum absolute atomic E-state index is 0.510. The molecule has 0 amide bonds. The lowest BCUT2D eigenvalue weighted by Crippen LogP contribution is -2.04. The molecule has 4 rings (SSSR count). The molecule has 0 saturated heterocycles. The van der Waals surface area contributed by atoms with Crippen LogP contribution in [-0.4, -0.2) is 14.5 Å². The Hall–Kier alpha value is -2.65. The SMILES string of the molecule is CCCc1nccn1-c1nc(Cl)c(-c2ccccc2)c2ccccc12. The number of imidazole rings is 1. The maximum absolute atomic E-state index is 6.64. The Morgan fingerprint density at radius 3 is 2.44 bits per heavy atom. The molecule has 4 aromatic rings. The molecule has 0 aliphatic rings. The Bertz CT molecular complexity index is 1020. The first-order chi connectivity index (χ1) is 12.3. The van der Waals surface area contributed by atoms with Gasteiger partial charge in [-0.25, -0.2) is 9.97 Å². The van der Waals surface area contributed by atoms with Crippen LogP contribution >= 0.6 is 11.6 Å². The molecule has 3 nitrogen and oxygen atoms in total. The maximum Gasteiger partial charge on any atom is 0.147 e. The van der Waals surface area contributed by atoms with Crippen LogP contribution in [0.2, 0.25) is 5.15 Å². The summed E-state index contributed by atoms with van der Waals surface area (Å²) in [5, 5.41) is 2.68. The molecular formula is C21H18ClN3. The topological polar surface area (TPSA) is 30.7 Å². The molecule has 0 aliphatic heterocycles. The van der Waals surface area contributed by atoms with Crippen LogP contribution in [0.1, 0.15) is 19.2 Å². The first kappa shape index (κ1) is 15.9. The molecule has 0 bridgehead atoms. The van der Waals surface area contributed by atoms with Crippen molar-refractivity contribution in [2.24, 2.45) is 0 Å². The van der Waals surface area contributed by atoms with Crippen LogP contribution in [0.25, 0.3) is 27.7 Å². The zero-order valence-corrected chi connectivity index (χ0v) is 14.7. The van der Waals surface area contributed by atoms with Gasteiger partial charge in [0.2, 0.25) is 0 Å². The predicted molar refractivity (Wildman–Crippen MR) is 103 cm³/mol. The van der Waals surface area contributed by atoms with Crippen molar-refractivity contribution in [3.8, 4) is 16.9 Å². The normalized spacial score (nSPS) is 11.1. The molecule has 25 heavy (non-hydrogen) atoms. The molecule has 0 aliphatic carbocycles. The predicted octanol–water partition coefficient (Wildman–Crippen LogP) is 5.69. The second-order valence-corrected chi connectivity index (χ2v) is 6.33. The van der Waals surface area contributed by atoms with Crippen molar-refractivity contribution in [2.75, 3.05) is 0 Å².